The fraction of sp³-hybridized carbons (Fsp3) is 0.150. The smallest absolute Gasteiger partial charge is 0.255 e. The maximum Gasteiger partial charge on any atom is 0.255 e. The molecule has 8 nitrogen and oxygen atoms in total. The third kappa shape index (κ3) is 5.15. The maximum atomic E-state index is 12.5. The third-order valence-corrected chi connectivity index (χ3v) is 5.47. The van der Waals surface area contributed by atoms with Crippen LogP contribution >= 0.6 is 0 Å². The zero-order chi connectivity index (χ0) is 20.9. The van der Waals surface area contributed by atoms with E-state index in [1.54, 1.807) is 30.3 Å². The van der Waals surface area contributed by atoms with Gasteiger partial charge in [-0.05, 0) is 48.5 Å². The highest BCUT2D eigenvalue weighted by Crippen LogP contribution is 2.23. The molecule has 2 N–H and O–H groups in total. The number of carbonyl (C=O) groups is 1. The minimum absolute atomic E-state index is 0.0471. The number of hydrogen-bond donors (Lipinski definition) is 2. The quantitative estimate of drug-likeness (QED) is 0.585. The van der Waals surface area contributed by atoms with E-state index >= 15 is 0 Å². The van der Waals surface area contributed by atoms with Crippen LogP contribution in [0.25, 0.3) is 0 Å². The number of amides is 1. The number of hydrogen-bond acceptors (Lipinski definition) is 6. The van der Waals surface area contributed by atoms with E-state index < -0.39 is 10.0 Å². The van der Waals surface area contributed by atoms with Crippen LogP contribution in [0.5, 0.6) is 11.5 Å². The van der Waals surface area contributed by atoms with Crippen molar-refractivity contribution in [3.05, 3.63) is 72.2 Å². The molecule has 0 aliphatic carbocycles. The van der Waals surface area contributed by atoms with Gasteiger partial charge in [-0.15, -0.1) is 0 Å². The average molecular weight is 416 g/mol. The number of ether oxygens (including phenoxy) is 2. The number of methoxy groups -OCH3 is 2. The van der Waals surface area contributed by atoms with Gasteiger partial charge in [0.2, 0.25) is 10.0 Å². The second kappa shape index (κ2) is 8.80. The number of anilines is 1. The van der Waals surface area contributed by atoms with E-state index in [0.717, 1.165) is 0 Å². The Hall–Kier alpha value is -3.30. The lowest BCUT2D eigenvalue weighted by Gasteiger charge is -2.10. The van der Waals surface area contributed by atoms with E-state index in [0.29, 0.717) is 28.5 Å². The van der Waals surface area contributed by atoms with Crippen LogP contribution in [-0.4, -0.2) is 28.5 Å². The maximum absolute atomic E-state index is 12.5. The lowest BCUT2D eigenvalue weighted by Crippen LogP contribution is -2.23. The van der Waals surface area contributed by atoms with Gasteiger partial charge in [-0.3, -0.25) is 4.79 Å². The van der Waals surface area contributed by atoms with Crippen molar-refractivity contribution in [3.8, 4) is 11.5 Å². The van der Waals surface area contributed by atoms with Crippen molar-refractivity contribution in [2.45, 2.75) is 11.4 Å². The number of rotatable bonds is 8. The van der Waals surface area contributed by atoms with Gasteiger partial charge in [-0.25, -0.2) is 13.1 Å². The van der Waals surface area contributed by atoms with Crippen LogP contribution in [0, 0.1) is 0 Å². The minimum atomic E-state index is -3.71. The molecule has 0 aliphatic rings. The summed E-state index contributed by atoms with van der Waals surface area (Å²) in [7, 11) is -0.716. The summed E-state index contributed by atoms with van der Waals surface area (Å²) >= 11 is 0. The first kappa shape index (κ1) is 20.4. The zero-order valence-electron chi connectivity index (χ0n) is 15.8. The van der Waals surface area contributed by atoms with Gasteiger partial charge in [0.25, 0.3) is 5.91 Å². The SMILES string of the molecule is COc1cc(OC)cc(C(=O)Nc2ccc(S(=O)(=O)NCc3ccco3)cc2)c1. The van der Waals surface area contributed by atoms with Crippen molar-refractivity contribution in [2.24, 2.45) is 0 Å². The van der Waals surface area contributed by atoms with Gasteiger partial charge in [0.15, 0.2) is 0 Å². The Bertz CT molecular complexity index is 1050. The molecule has 0 fully saturated rings. The summed E-state index contributed by atoms with van der Waals surface area (Å²) < 4.78 is 42.6. The minimum Gasteiger partial charge on any atom is -0.497 e. The number of carbonyl (C=O) groups excluding carboxylic acids is 1. The van der Waals surface area contributed by atoms with Crippen LogP contribution in [0.4, 0.5) is 5.69 Å². The topological polar surface area (TPSA) is 107 Å². The third-order valence-electron chi connectivity index (χ3n) is 4.05. The Balaban J connectivity index is 1.69. The van der Waals surface area contributed by atoms with Crippen molar-refractivity contribution < 1.29 is 27.1 Å². The van der Waals surface area contributed by atoms with E-state index in [1.165, 1.54) is 44.7 Å². The molecule has 1 aromatic heterocycles. The zero-order valence-corrected chi connectivity index (χ0v) is 16.7. The second-order valence-electron chi connectivity index (χ2n) is 5.98. The highest BCUT2D eigenvalue weighted by Gasteiger charge is 2.15. The molecule has 0 aliphatic heterocycles. The summed E-state index contributed by atoms with van der Waals surface area (Å²) in [6.07, 6.45) is 1.47. The summed E-state index contributed by atoms with van der Waals surface area (Å²) in [6, 6.07) is 14.0. The van der Waals surface area contributed by atoms with Crippen LogP contribution in [0.1, 0.15) is 16.1 Å². The normalized spacial score (nSPS) is 11.1. The fourth-order valence-electron chi connectivity index (χ4n) is 2.52. The largest absolute Gasteiger partial charge is 0.497 e. The van der Waals surface area contributed by atoms with Gasteiger partial charge >= 0.3 is 0 Å². The monoisotopic (exact) mass is 416 g/mol. The first-order chi connectivity index (χ1) is 13.9. The van der Waals surface area contributed by atoms with E-state index in [2.05, 4.69) is 10.0 Å². The van der Waals surface area contributed by atoms with Crippen molar-refractivity contribution in [1.29, 1.82) is 0 Å². The van der Waals surface area contributed by atoms with E-state index in [-0.39, 0.29) is 17.3 Å². The van der Waals surface area contributed by atoms with Crippen molar-refractivity contribution >= 4 is 21.6 Å². The molecule has 2 aromatic carbocycles. The molecule has 152 valence electrons. The number of nitrogens with one attached hydrogen (secondary N) is 2. The lowest BCUT2D eigenvalue weighted by molar-refractivity contribution is 0.102. The van der Waals surface area contributed by atoms with Crippen LogP contribution in [0.15, 0.2) is 70.2 Å². The van der Waals surface area contributed by atoms with E-state index in [1.807, 2.05) is 0 Å². The van der Waals surface area contributed by atoms with E-state index in [9.17, 15) is 13.2 Å². The Labute approximate surface area is 168 Å². The first-order valence-electron chi connectivity index (χ1n) is 8.58. The molecule has 0 unspecified atom stereocenters. The summed E-state index contributed by atoms with van der Waals surface area (Å²) in [5.74, 6) is 1.09. The highest BCUT2D eigenvalue weighted by atomic mass is 32.2. The van der Waals surface area contributed by atoms with Gasteiger partial charge in [-0.1, -0.05) is 0 Å². The summed E-state index contributed by atoms with van der Waals surface area (Å²) in [4.78, 5) is 12.6. The lowest BCUT2D eigenvalue weighted by atomic mass is 10.2. The van der Waals surface area contributed by atoms with Crippen molar-refractivity contribution in [2.75, 3.05) is 19.5 Å². The molecule has 0 saturated carbocycles. The number of benzene rings is 2. The molecule has 0 atom stereocenters. The van der Waals surface area contributed by atoms with Gasteiger partial charge in [0, 0.05) is 17.3 Å². The summed E-state index contributed by atoms with van der Waals surface area (Å²) in [5, 5.41) is 2.71. The molecule has 9 heteroatoms. The van der Waals surface area contributed by atoms with Gasteiger partial charge in [-0.2, -0.15) is 0 Å². The molecule has 1 amide bonds. The van der Waals surface area contributed by atoms with Crippen LogP contribution < -0.4 is 19.5 Å². The Morgan fingerprint density at radius 1 is 1.00 bits per heavy atom. The first-order valence-corrected chi connectivity index (χ1v) is 10.1. The van der Waals surface area contributed by atoms with E-state index in [4.69, 9.17) is 13.9 Å². The highest BCUT2D eigenvalue weighted by molar-refractivity contribution is 7.89. The Morgan fingerprint density at radius 2 is 1.66 bits per heavy atom. The molecule has 0 bridgehead atoms. The van der Waals surface area contributed by atoms with Gasteiger partial charge < -0.3 is 19.2 Å². The van der Waals surface area contributed by atoms with Crippen LogP contribution in [0.3, 0.4) is 0 Å². The standard InChI is InChI=1S/C20H20N2O6S/c1-26-17-10-14(11-18(12-17)27-2)20(23)22-15-5-7-19(8-6-15)29(24,25)21-13-16-4-3-9-28-16/h3-12,21H,13H2,1-2H3,(H,22,23). The van der Waals surface area contributed by atoms with Crippen LogP contribution in [0.2, 0.25) is 0 Å². The Morgan fingerprint density at radius 3 is 2.21 bits per heavy atom. The number of furan rings is 1. The predicted octanol–water partition coefficient (Wildman–Crippen LogP) is 3.03. The second-order valence-corrected chi connectivity index (χ2v) is 7.75. The molecule has 3 aromatic rings. The van der Waals surface area contributed by atoms with Crippen molar-refractivity contribution in [1.82, 2.24) is 4.72 Å². The fourth-order valence-corrected chi connectivity index (χ4v) is 3.52. The molecule has 29 heavy (non-hydrogen) atoms. The average Bonchev–Trinajstić information content (AvgIpc) is 3.26. The Kier molecular flexibility index (Phi) is 6.20. The van der Waals surface area contributed by atoms with Gasteiger partial charge in [0.05, 0.1) is 31.9 Å². The molecule has 0 spiro atoms. The molecule has 0 radical (unpaired) electrons. The van der Waals surface area contributed by atoms with Crippen molar-refractivity contribution in [3.63, 3.8) is 0 Å². The summed E-state index contributed by atoms with van der Waals surface area (Å²) in [5.41, 5.74) is 0.791. The number of sulfonamides is 1. The molecular formula is C20H20N2O6S. The predicted molar refractivity (Wildman–Crippen MR) is 107 cm³/mol. The molecule has 1 heterocycles. The molecule has 0 saturated heterocycles. The summed E-state index contributed by atoms with van der Waals surface area (Å²) in [6.45, 7) is 0.0471. The molecule has 3 rings (SSSR count). The van der Waals surface area contributed by atoms with Gasteiger partial charge in [0.1, 0.15) is 17.3 Å². The molecular weight excluding hydrogens is 396 g/mol. The van der Waals surface area contributed by atoms with Crippen LogP contribution in [-0.2, 0) is 16.6 Å².